The number of rotatable bonds is 5. The Kier molecular flexibility index (Phi) is 4.76. The van der Waals surface area contributed by atoms with Crippen LogP contribution in [0.1, 0.15) is 42.6 Å². The molecule has 0 N–H and O–H groups in total. The van der Waals surface area contributed by atoms with E-state index in [1.165, 1.54) is 6.42 Å². The highest BCUT2D eigenvalue weighted by Gasteiger charge is 2.19. The lowest BCUT2D eigenvalue weighted by Crippen LogP contribution is -2.18. The van der Waals surface area contributed by atoms with Crippen molar-refractivity contribution in [2.45, 2.75) is 38.5 Å². The maximum absolute atomic E-state index is 6.00. The Labute approximate surface area is 147 Å². The number of nitrogens with zero attached hydrogens (tertiary/aromatic N) is 3. The van der Waals surface area contributed by atoms with Crippen LogP contribution in [0.2, 0.25) is 0 Å². The number of benzene rings is 1. The smallest absolute Gasteiger partial charge is 0.133 e. The van der Waals surface area contributed by atoms with Crippen molar-refractivity contribution < 1.29 is 9.15 Å². The second-order valence-electron chi connectivity index (χ2n) is 6.68. The van der Waals surface area contributed by atoms with Gasteiger partial charge in [-0.05, 0) is 50.6 Å². The molecule has 1 aliphatic rings. The van der Waals surface area contributed by atoms with Crippen molar-refractivity contribution >= 4 is 11.0 Å². The fraction of sp³-hybridized carbons (Fsp3) is 0.400. The minimum atomic E-state index is 0.124. The predicted molar refractivity (Wildman–Crippen MR) is 96.0 cm³/mol. The van der Waals surface area contributed by atoms with Gasteiger partial charge >= 0.3 is 0 Å². The molecule has 3 heterocycles. The second kappa shape index (κ2) is 7.33. The van der Waals surface area contributed by atoms with Gasteiger partial charge in [-0.2, -0.15) is 0 Å². The average molecular weight is 337 g/mol. The molecule has 1 aliphatic heterocycles. The molecule has 1 atom stereocenters. The van der Waals surface area contributed by atoms with Gasteiger partial charge in [-0.15, -0.1) is 0 Å². The molecular formula is C20H23N3O2. The number of aromatic nitrogens is 2. The van der Waals surface area contributed by atoms with Crippen molar-refractivity contribution in [1.29, 1.82) is 0 Å². The topological polar surface area (TPSA) is 51.4 Å². The summed E-state index contributed by atoms with van der Waals surface area (Å²) in [7, 11) is 2.07. The van der Waals surface area contributed by atoms with E-state index in [0.717, 1.165) is 60.8 Å². The summed E-state index contributed by atoms with van der Waals surface area (Å²) in [6.07, 6.45) is 5.39. The molecule has 25 heavy (non-hydrogen) atoms. The summed E-state index contributed by atoms with van der Waals surface area (Å²) in [5, 5.41) is 0. The van der Waals surface area contributed by atoms with Crippen molar-refractivity contribution in [3.8, 4) is 0 Å². The van der Waals surface area contributed by atoms with Gasteiger partial charge < -0.3 is 9.15 Å². The average Bonchev–Trinajstić information content (AvgIpc) is 3.10. The Balaban J connectivity index is 1.39. The molecule has 1 saturated heterocycles. The fourth-order valence-corrected chi connectivity index (χ4v) is 3.29. The molecule has 5 heteroatoms. The number of fused-ring (bicyclic) bond motifs is 1. The second-order valence-corrected chi connectivity index (χ2v) is 6.68. The standard InChI is InChI=1S/C20H23N3O2/c1-23(13-15-12-21-17-6-2-3-7-18(17)22-15)14-16-9-10-20(25-16)19-8-4-5-11-24-19/h2-3,6-7,9-10,12,19H,4-5,8,11,13-14H2,1H3. The van der Waals surface area contributed by atoms with Gasteiger partial charge in [0, 0.05) is 13.2 Å². The lowest BCUT2D eigenvalue weighted by molar-refractivity contribution is 0.000904. The van der Waals surface area contributed by atoms with E-state index in [1.54, 1.807) is 0 Å². The molecule has 1 fully saturated rings. The van der Waals surface area contributed by atoms with E-state index in [9.17, 15) is 0 Å². The van der Waals surface area contributed by atoms with Crippen molar-refractivity contribution in [3.63, 3.8) is 0 Å². The Morgan fingerprint density at radius 3 is 2.80 bits per heavy atom. The molecule has 0 aliphatic carbocycles. The molecule has 4 rings (SSSR count). The Hall–Kier alpha value is -2.24. The quantitative estimate of drug-likeness (QED) is 0.702. The summed E-state index contributed by atoms with van der Waals surface area (Å²) >= 11 is 0. The van der Waals surface area contributed by atoms with Crippen LogP contribution in [-0.2, 0) is 17.8 Å². The number of hydrogen-bond acceptors (Lipinski definition) is 5. The van der Waals surface area contributed by atoms with Crippen molar-refractivity contribution in [3.05, 3.63) is 59.8 Å². The highest BCUT2D eigenvalue weighted by atomic mass is 16.5. The van der Waals surface area contributed by atoms with Gasteiger partial charge in [-0.3, -0.25) is 9.88 Å². The largest absolute Gasteiger partial charge is 0.462 e. The lowest BCUT2D eigenvalue weighted by atomic mass is 10.1. The Morgan fingerprint density at radius 2 is 1.96 bits per heavy atom. The summed E-state index contributed by atoms with van der Waals surface area (Å²) in [4.78, 5) is 11.3. The molecule has 0 radical (unpaired) electrons. The van der Waals surface area contributed by atoms with E-state index in [0.29, 0.717) is 0 Å². The lowest BCUT2D eigenvalue weighted by Gasteiger charge is -2.20. The number of ether oxygens (including phenoxy) is 1. The maximum atomic E-state index is 6.00. The minimum Gasteiger partial charge on any atom is -0.462 e. The summed E-state index contributed by atoms with van der Waals surface area (Å²) < 4.78 is 11.8. The Morgan fingerprint density at radius 1 is 1.08 bits per heavy atom. The molecular weight excluding hydrogens is 314 g/mol. The van der Waals surface area contributed by atoms with Crippen LogP contribution in [0, 0.1) is 0 Å². The van der Waals surface area contributed by atoms with E-state index in [2.05, 4.69) is 34.0 Å². The molecule has 3 aromatic rings. The number of para-hydroxylation sites is 2. The van der Waals surface area contributed by atoms with E-state index < -0.39 is 0 Å². The third-order valence-electron chi connectivity index (χ3n) is 4.54. The zero-order valence-electron chi connectivity index (χ0n) is 14.5. The van der Waals surface area contributed by atoms with E-state index in [4.69, 9.17) is 9.15 Å². The number of furan rings is 1. The van der Waals surface area contributed by atoms with E-state index in [-0.39, 0.29) is 6.10 Å². The van der Waals surface area contributed by atoms with Crippen LogP contribution in [0.4, 0.5) is 0 Å². The fourth-order valence-electron chi connectivity index (χ4n) is 3.29. The van der Waals surface area contributed by atoms with Gasteiger partial charge in [0.25, 0.3) is 0 Å². The van der Waals surface area contributed by atoms with Gasteiger partial charge in [0.05, 0.1) is 29.5 Å². The third-order valence-corrected chi connectivity index (χ3v) is 4.54. The summed E-state index contributed by atoms with van der Waals surface area (Å²) in [5.74, 6) is 1.91. The van der Waals surface area contributed by atoms with Crippen molar-refractivity contribution in [2.75, 3.05) is 13.7 Å². The summed E-state index contributed by atoms with van der Waals surface area (Å²) in [5.41, 5.74) is 2.82. The van der Waals surface area contributed by atoms with Crippen LogP contribution < -0.4 is 0 Å². The molecule has 0 bridgehead atoms. The van der Waals surface area contributed by atoms with Crippen molar-refractivity contribution in [2.24, 2.45) is 0 Å². The molecule has 0 amide bonds. The first-order valence-electron chi connectivity index (χ1n) is 8.87. The van der Waals surface area contributed by atoms with Crippen LogP contribution in [0.15, 0.2) is 47.0 Å². The van der Waals surface area contributed by atoms with Gasteiger partial charge in [0.2, 0.25) is 0 Å². The first kappa shape index (κ1) is 16.2. The third kappa shape index (κ3) is 3.89. The predicted octanol–water partition coefficient (Wildman–Crippen LogP) is 4.10. The molecule has 2 aromatic heterocycles. The monoisotopic (exact) mass is 337 g/mol. The highest BCUT2D eigenvalue weighted by Crippen LogP contribution is 2.29. The summed E-state index contributed by atoms with van der Waals surface area (Å²) in [6, 6.07) is 12.0. The van der Waals surface area contributed by atoms with Crippen LogP contribution >= 0.6 is 0 Å². The summed E-state index contributed by atoms with van der Waals surface area (Å²) in [6.45, 7) is 2.30. The normalized spacial score (nSPS) is 18.1. The minimum absolute atomic E-state index is 0.124. The first-order valence-corrected chi connectivity index (χ1v) is 8.87. The van der Waals surface area contributed by atoms with Gasteiger partial charge in [-0.1, -0.05) is 12.1 Å². The van der Waals surface area contributed by atoms with Gasteiger partial charge in [-0.25, -0.2) is 4.98 Å². The molecule has 5 nitrogen and oxygen atoms in total. The molecule has 130 valence electrons. The number of hydrogen-bond donors (Lipinski definition) is 0. The molecule has 0 spiro atoms. The van der Waals surface area contributed by atoms with Gasteiger partial charge in [0.1, 0.15) is 17.6 Å². The Bertz CT molecular complexity index is 840. The van der Waals surface area contributed by atoms with Crippen molar-refractivity contribution in [1.82, 2.24) is 14.9 Å². The molecule has 0 saturated carbocycles. The highest BCUT2D eigenvalue weighted by molar-refractivity contribution is 5.73. The van der Waals surface area contributed by atoms with Gasteiger partial charge in [0.15, 0.2) is 0 Å². The van der Waals surface area contributed by atoms with E-state index >= 15 is 0 Å². The molecule has 1 aromatic carbocycles. The molecule has 1 unspecified atom stereocenters. The maximum Gasteiger partial charge on any atom is 0.133 e. The zero-order chi connectivity index (χ0) is 17.1. The van der Waals surface area contributed by atoms with Crippen LogP contribution in [0.25, 0.3) is 11.0 Å². The SMILES string of the molecule is CN(Cc1cnc2ccccc2n1)Cc1ccc(C2CCCCO2)o1. The van der Waals surface area contributed by atoms with Crippen LogP contribution in [-0.4, -0.2) is 28.5 Å². The van der Waals surface area contributed by atoms with Crippen LogP contribution in [0.5, 0.6) is 0 Å². The van der Waals surface area contributed by atoms with Crippen LogP contribution in [0.3, 0.4) is 0 Å². The zero-order valence-corrected chi connectivity index (χ0v) is 14.5. The van der Waals surface area contributed by atoms with E-state index in [1.807, 2.05) is 30.5 Å². The first-order chi connectivity index (χ1) is 12.3.